The predicted octanol–water partition coefficient (Wildman–Crippen LogP) is -0.154. The largest absolute Gasteiger partial charge is 0.473 e. The van der Waals surface area contributed by atoms with E-state index < -0.39 is 11.9 Å². The van der Waals surface area contributed by atoms with Gasteiger partial charge in [-0.1, -0.05) is 7.43 Å². The van der Waals surface area contributed by atoms with E-state index in [0.717, 1.165) is 6.04 Å². The molecule has 0 amide bonds. The second-order valence-corrected chi connectivity index (χ2v) is 3.65. The van der Waals surface area contributed by atoms with Gasteiger partial charge in [-0.05, 0) is 19.4 Å². The number of piperazine rings is 1. The Kier molecular flexibility index (Phi) is 6.67. The van der Waals surface area contributed by atoms with Crippen LogP contribution in [0.5, 0.6) is 0 Å². The highest BCUT2D eigenvalue weighted by molar-refractivity contribution is 6.27. The van der Waals surface area contributed by atoms with Crippen molar-refractivity contribution in [2.45, 2.75) is 26.3 Å². The molecule has 0 aromatic carbocycles. The van der Waals surface area contributed by atoms with Gasteiger partial charge in [0, 0.05) is 25.7 Å². The summed E-state index contributed by atoms with van der Waals surface area (Å²) < 4.78 is 0. The Morgan fingerprint density at radius 1 is 1.19 bits per heavy atom. The van der Waals surface area contributed by atoms with Crippen LogP contribution in [0.1, 0.15) is 20.3 Å². The maximum absolute atomic E-state index is 9.10. The lowest BCUT2D eigenvalue weighted by atomic mass is 10.2. The van der Waals surface area contributed by atoms with Crippen LogP contribution in [0.2, 0.25) is 0 Å². The molecule has 0 saturated carbocycles. The van der Waals surface area contributed by atoms with Crippen LogP contribution in [0.4, 0.5) is 0 Å². The van der Waals surface area contributed by atoms with Crippen LogP contribution in [-0.2, 0) is 9.59 Å². The van der Waals surface area contributed by atoms with Crippen molar-refractivity contribution < 1.29 is 19.8 Å². The van der Waals surface area contributed by atoms with Crippen LogP contribution in [0.25, 0.3) is 0 Å². The maximum atomic E-state index is 9.10. The number of aliphatic carboxylic acids is 2. The van der Waals surface area contributed by atoms with Crippen LogP contribution in [0.3, 0.4) is 0 Å². The van der Waals surface area contributed by atoms with Crippen LogP contribution in [0.15, 0.2) is 0 Å². The topological polar surface area (TPSA) is 89.9 Å². The molecule has 0 radical (unpaired) electrons. The van der Waals surface area contributed by atoms with Gasteiger partial charge in [-0.15, -0.1) is 0 Å². The lowest BCUT2D eigenvalue weighted by molar-refractivity contribution is -0.159. The minimum absolute atomic E-state index is 0. The van der Waals surface area contributed by atoms with Crippen molar-refractivity contribution in [1.29, 1.82) is 0 Å². The molecule has 1 atom stereocenters. The smallest absolute Gasteiger partial charge is 0.414 e. The highest BCUT2D eigenvalue weighted by atomic mass is 16.4. The van der Waals surface area contributed by atoms with Gasteiger partial charge in [-0.3, -0.25) is 4.90 Å². The lowest BCUT2D eigenvalue weighted by Crippen LogP contribution is -2.47. The van der Waals surface area contributed by atoms with E-state index in [1.807, 2.05) is 0 Å². The molecule has 2 rings (SSSR count). The summed E-state index contributed by atoms with van der Waals surface area (Å²) in [4.78, 5) is 20.8. The SMILES string of the molecule is C.C1CC2CNCCN2C1.O=C(O)C(=O)O. The number of carboxylic acids is 2. The van der Waals surface area contributed by atoms with E-state index in [4.69, 9.17) is 19.8 Å². The highest BCUT2D eigenvalue weighted by Crippen LogP contribution is 2.17. The molecule has 94 valence electrons. The zero-order valence-corrected chi connectivity index (χ0v) is 8.48. The number of fused-ring (bicyclic) bond motifs is 1. The van der Waals surface area contributed by atoms with E-state index in [0.29, 0.717) is 0 Å². The molecule has 16 heavy (non-hydrogen) atoms. The molecule has 0 aromatic rings. The molecule has 0 aliphatic carbocycles. The zero-order valence-electron chi connectivity index (χ0n) is 8.48. The summed E-state index contributed by atoms with van der Waals surface area (Å²) in [6, 6.07) is 0.888. The van der Waals surface area contributed by atoms with Crippen molar-refractivity contribution >= 4 is 11.9 Å². The third-order valence-corrected chi connectivity index (χ3v) is 2.64. The lowest BCUT2D eigenvalue weighted by Gasteiger charge is -2.29. The average molecular weight is 232 g/mol. The molecule has 1 unspecified atom stereocenters. The van der Waals surface area contributed by atoms with Crippen molar-refractivity contribution in [1.82, 2.24) is 10.2 Å². The Balaban J connectivity index is 0.000000289. The van der Waals surface area contributed by atoms with Crippen molar-refractivity contribution in [3.63, 3.8) is 0 Å². The third-order valence-electron chi connectivity index (χ3n) is 2.64. The molecule has 6 nitrogen and oxygen atoms in total. The molecular formula is C10H20N2O4. The quantitative estimate of drug-likeness (QED) is 0.503. The van der Waals surface area contributed by atoms with E-state index in [1.54, 1.807) is 0 Å². The molecule has 6 heteroatoms. The molecule has 2 aliphatic rings. The second kappa shape index (κ2) is 7.19. The van der Waals surface area contributed by atoms with E-state index in [2.05, 4.69) is 10.2 Å². The maximum Gasteiger partial charge on any atom is 0.414 e. The summed E-state index contributed by atoms with van der Waals surface area (Å²) in [6.45, 7) is 5.08. The first-order valence-corrected chi connectivity index (χ1v) is 5.02. The fraction of sp³-hybridized carbons (Fsp3) is 0.800. The van der Waals surface area contributed by atoms with Gasteiger partial charge in [0.1, 0.15) is 0 Å². The van der Waals surface area contributed by atoms with Gasteiger partial charge in [0.2, 0.25) is 0 Å². The van der Waals surface area contributed by atoms with Gasteiger partial charge < -0.3 is 15.5 Å². The molecule has 0 spiro atoms. The summed E-state index contributed by atoms with van der Waals surface area (Å²) in [6.07, 6.45) is 2.85. The molecular weight excluding hydrogens is 212 g/mol. The summed E-state index contributed by atoms with van der Waals surface area (Å²) in [5, 5.41) is 18.2. The number of hydrogen-bond donors (Lipinski definition) is 3. The fourth-order valence-corrected chi connectivity index (χ4v) is 1.91. The molecule has 2 heterocycles. The Bertz CT molecular complexity index is 221. The Morgan fingerprint density at radius 2 is 1.81 bits per heavy atom. The van der Waals surface area contributed by atoms with Gasteiger partial charge >= 0.3 is 11.9 Å². The molecule has 0 aromatic heterocycles. The van der Waals surface area contributed by atoms with Crippen molar-refractivity contribution in [3.8, 4) is 0 Å². The molecule has 2 aliphatic heterocycles. The molecule has 2 saturated heterocycles. The van der Waals surface area contributed by atoms with Gasteiger partial charge in [0.15, 0.2) is 0 Å². The monoisotopic (exact) mass is 232 g/mol. The average Bonchev–Trinajstić information content (AvgIpc) is 2.66. The van der Waals surface area contributed by atoms with E-state index in [-0.39, 0.29) is 7.43 Å². The van der Waals surface area contributed by atoms with E-state index >= 15 is 0 Å². The highest BCUT2D eigenvalue weighted by Gasteiger charge is 2.25. The number of carboxylic acid groups (broad SMARTS) is 2. The molecule has 3 N–H and O–H groups in total. The van der Waals surface area contributed by atoms with Gasteiger partial charge in [0.05, 0.1) is 0 Å². The van der Waals surface area contributed by atoms with Gasteiger partial charge in [0.25, 0.3) is 0 Å². The number of nitrogens with one attached hydrogen (secondary N) is 1. The number of rotatable bonds is 0. The van der Waals surface area contributed by atoms with Gasteiger partial charge in [-0.2, -0.15) is 0 Å². The number of nitrogens with zero attached hydrogens (tertiary/aromatic N) is 1. The first-order valence-electron chi connectivity index (χ1n) is 5.02. The van der Waals surface area contributed by atoms with Crippen LogP contribution < -0.4 is 5.32 Å². The van der Waals surface area contributed by atoms with Crippen LogP contribution in [-0.4, -0.2) is 59.3 Å². The Morgan fingerprint density at radius 3 is 2.31 bits per heavy atom. The summed E-state index contributed by atoms with van der Waals surface area (Å²) in [7, 11) is 0. The summed E-state index contributed by atoms with van der Waals surface area (Å²) >= 11 is 0. The van der Waals surface area contributed by atoms with E-state index in [1.165, 1.54) is 39.0 Å². The molecule has 2 fully saturated rings. The van der Waals surface area contributed by atoms with Gasteiger partial charge in [-0.25, -0.2) is 9.59 Å². The Hall–Kier alpha value is -1.14. The van der Waals surface area contributed by atoms with Crippen molar-refractivity contribution in [2.75, 3.05) is 26.2 Å². The van der Waals surface area contributed by atoms with Crippen molar-refractivity contribution in [3.05, 3.63) is 0 Å². The molecule has 0 bridgehead atoms. The first kappa shape index (κ1) is 14.9. The second-order valence-electron chi connectivity index (χ2n) is 3.65. The fourth-order valence-electron chi connectivity index (χ4n) is 1.91. The van der Waals surface area contributed by atoms with E-state index in [9.17, 15) is 0 Å². The normalized spacial score (nSPS) is 23.4. The predicted molar refractivity (Wildman–Crippen MR) is 59.5 cm³/mol. The number of carbonyl (C=O) groups is 2. The van der Waals surface area contributed by atoms with Crippen LogP contribution in [0, 0.1) is 0 Å². The zero-order chi connectivity index (χ0) is 11.3. The Labute approximate surface area is 95.2 Å². The minimum atomic E-state index is -1.82. The third kappa shape index (κ3) is 4.59. The van der Waals surface area contributed by atoms with Crippen LogP contribution >= 0.6 is 0 Å². The standard InChI is InChI=1S/C7H14N2.C2H2O4.CH4/c1-2-7-6-8-3-5-9(7)4-1;3-1(4)2(5)6;/h7-8H,1-6H2;(H,3,4)(H,5,6);1H4. The minimum Gasteiger partial charge on any atom is -0.473 e. The summed E-state index contributed by atoms with van der Waals surface area (Å²) in [5.41, 5.74) is 0. The number of hydrogen-bond acceptors (Lipinski definition) is 4. The first-order chi connectivity index (χ1) is 7.11. The van der Waals surface area contributed by atoms with Crippen molar-refractivity contribution in [2.24, 2.45) is 0 Å². The summed E-state index contributed by atoms with van der Waals surface area (Å²) in [5.74, 6) is -3.65.